The summed E-state index contributed by atoms with van der Waals surface area (Å²) >= 11 is 0. The largest absolute Gasteiger partial charge is 0.213 e. The number of nitrogens with zero attached hydrogens (tertiary/aromatic N) is 1. The van der Waals surface area contributed by atoms with E-state index in [1.807, 2.05) is 17.7 Å². The van der Waals surface area contributed by atoms with Gasteiger partial charge in [0.15, 0.2) is 6.20 Å². The lowest BCUT2D eigenvalue weighted by atomic mass is 9.91. The fourth-order valence-corrected chi connectivity index (χ4v) is 4.19. The molecule has 0 saturated carbocycles. The van der Waals surface area contributed by atoms with Crippen molar-refractivity contribution < 1.29 is 10.1 Å². The van der Waals surface area contributed by atoms with Crippen molar-refractivity contribution in [1.29, 1.82) is 0 Å². The van der Waals surface area contributed by atoms with Gasteiger partial charge in [0.25, 0.3) is 0 Å². The number of pyridine rings is 1. The van der Waals surface area contributed by atoms with Crippen LogP contribution >= 0.6 is 0 Å². The molecule has 26 heavy (non-hydrogen) atoms. The minimum Gasteiger partial charge on any atom is -0.201 e. The summed E-state index contributed by atoms with van der Waals surface area (Å²) in [6.45, 7) is 5.47. The molecule has 0 radical (unpaired) electrons. The predicted molar refractivity (Wildman–Crippen MR) is 110 cm³/mol. The second-order valence-electron chi connectivity index (χ2n) is 7.72. The van der Waals surface area contributed by atoms with Crippen molar-refractivity contribution in [3.63, 3.8) is 0 Å². The van der Waals surface area contributed by atoms with Gasteiger partial charge in [-0.05, 0) is 66.4 Å². The number of hydrogen-bond acceptors (Lipinski definition) is 0. The van der Waals surface area contributed by atoms with Gasteiger partial charge in [0.05, 0.1) is 5.56 Å². The minimum atomic E-state index is -2.26. The van der Waals surface area contributed by atoms with E-state index < -0.39 is 12.7 Å². The van der Waals surface area contributed by atoms with Crippen LogP contribution in [0.5, 0.6) is 0 Å². The summed E-state index contributed by atoms with van der Waals surface area (Å²) in [5, 5.41) is 0. The van der Waals surface area contributed by atoms with Crippen LogP contribution in [0.4, 0.5) is 0 Å². The molecule has 0 amide bonds. The van der Waals surface area contributed by atoms with Gasteiger partial charge in [0, 0.05) is 17.1 Å². The Hall–Kier alpha value is -2.41. The second kappa shape index (κ2) is 6.09. The first kappa shape index (κ1) is 12.9. The van der Waals surface area contributed by atoms with Crippen molar-refractivity contribution in [3.05, 3.63) is 76.0 Å². The average molecular weight is 347 g/mol. The molecule has 0 atom stereocenters. The van der Waals surface area contributed by atoms with E-state index in [1.54, 1.807) is 20.0 Å². The molecule has 132 valence electrons. The van der Waals surface area contributed by atoms with Gasteiger partial charge in [-0.1, -0.05) is 49.7 Å². The Morgan fingerprint density at radius 3 is 2.54 bits per heavy atom. The maximum Gasteiger partial charge on any atom is 0.213 e. The molecule has 3 aromatic rings. The third-order valence-corrected chi connectivity index (χ3v) is 5.51. The first-order chi connectivity index (χ1) is 13.9. The van der Waals surface area contributed by atoms with Crippen molar-refractivity contribution in [2.75, 3.05) is 0 Å². The van der Waals surface area contributed by atoms with Gasteiger partial charge >= 0.3 is 0 Å². The molecule has 1 aromatic heterocycles. The third-order valence-electron chi connectivity index (χ3n) is 5.51. The Balaban J connectivity index is 1.99. The monoisotopic (exact) mass is 346 g/mol. The van der Waals surface area contributed by atoms with Gasteiger partial charge in [0.1, 0.15) is 7.05 Å². The van der Waals surface area contributed by atoms with E-state index in [2.05, 4.69) is 44.2 Å². The van der Waals surface area contributed by atoms with Gasteiger partial charge in [-0.2, -0.15) is 0 Å². The van der Waals surface area contributed by atoms with Crippen molar-refractivity contribution in [1.82, 2.24) is 0 Å². The summed E-state index contributed by atoms with van der Waals surface area (Å²) < 4.78 is 34.4. The molecule has 4 rings (SSSR count). The molecule has 1 nitrogen and oxygen atoms in total. The second-order valence-corrected chi connectivity index (χ2v) is 7.72. The molecule has 0 saturated heterocycles. The molecule has 1 aliphatic carbocycles. The molecule has 0 unspecified atom stereocenters. The van der Waals surface area contributed by atoms with Crippen molar-refractivity contribution in [3.8, 4) is 22.4 Å². The lowest BCUT2D eigenvalue weighted by molar-refractivity contribution is -0.660. The van der Waals surface area contributed by atoms with E-state index in [4.69, 9.17) is 5.48 Å². The molecule has 1 aliphatic rings. The van der Waals surface area contributed by atoms with Crippen LogP contribution in [0, 0.1) is 20.7 Å². The number of hydrogen-bond donors (Lipinski definition) is 0. The van der Waals surface area contributed by atoms with Crippen LogP contribution in [0.2, 0.25) is 0 Å². The van der Waals surface area contributed by atoms with Crippen LogP contribution in [0.3, 0.4) is 0 Å². The molecule has 0 bridgehead atoms. The zero-order valence-corrected chi connectivity index (χ0v) is 16.2. The summed E-state index contributed by atoms with van der Waals surface area (Å²) in [6, 6.07) is 12.9. The summed E-state index contributed by atoms with van der Waals surface area (Å²) in [5.41, 5.74) is 10.5. The Bertz CT molecular complexity index is 1170. The number of rotatable bonds is 2. The Labute approximate surface area is 163 Å². The molecular weight excluding hydrogens is 314 g/mol. The van der Waals surface area contributed by atoms with E-state index in [0.29, 0.717) is 5.56 Å². The summed E-state index contributed by atoms with van der Waals surface area (Å²) in [5.74, 6) is -1.02. The minimum absolute atomic E-state index is 0.248. The zero-order chi connectivity index (χ0) is 22.0. The van der Waals surface area contributed by atoms with Crippen LogP contribution in [-0.2, 0) is 13.5 Å². The third kappa shape index (κ3) is 2.58. The Morgan fingerprint density at radius 1 is 1.04 bits per heavy atom. The molecular formula is C25H28N+. The molecule has 2 aromatic carbocycles. The summed E-state index contributed by atoms with van der Waals surface area (Å²) in [6.07, 6.45) is 2.56. The van der Waals surface area contributed by atoms with Crippen LogP contribution in [0.15, 0.2) is 42.6 Å². The molecule has 0 N–H and O–H groups in total. The van der Waals surface area contributed by atoms with Crippen LogP contribution in [0.1, 0.15) is 58.6 Å². The molecule has 1 heterocycles. The van der Waals surface area contributed by atoms with E-state index in [0.717, 1.165) is 23.2 Å². The fourth-order valence-electron chi connectivity index (χ4n) is 4.19. The highest BCUT2D eigenvalue weighted by molar-refractivity contribution is 5.85. The summed E-state index contributed by atoms with van der Waals surface area (Å²) in [4.78, 5) is 0. The Kier molecular flexibility index (Phi) is 3.01. The number of aromatic nitrogens is 1. The van der Waals surface area contributed by atoms with Gasteiger partial charge in [-0.15, -0.1) is 0 Å². The Morgan fingerprint density at radius 2 is 1.81 bits per heavy atom. The van der Waals surface area contributed by atoms with E-state index in [9.17, 15) is 0 Å². The lowest BCUT2D eigenvalue weighted by Crippen LogP contribution is -2.32. The van der Waals surface area contributed by atoms with Crippen molar-refractivity contribution >= 4 is 0 Å². The smallest absolute Gasteiger partial charge is 0.201 e. The van der Waals surface area contributed by atoms with Crippen LogP contribution < -0.4 is 4.57 Å². The standard InChI is InChI=1S/C25H28N/c1-15(2)22-13-24(26(6)14-18(22)5)25-17(4)8-10-21-20-9-7-16(3)11-19(20)12-23(21)25/h7-11,13-15H,12H2,1-6H3/q+1/i5D3,15D. The topological polar surface area (TPSA) is 3.88 Å². The molecule has 0 fully saturated rings. The normalized spacial score (nSPS) is 15.6. The van der Waals surface area contributed by atoms with E-state index in [1.165, 1.54) is 27.8 Å². The quantitative estimate of drug-likeness (QED) is 0.404. The van der Waals surface area contributed by atoms with Crippen molar-refractivity contribution in [2.24, 2.45) is 7.05 Å². The molecule has 1 heteroatoms. The zero-order valence-electron chi connectivity index (χ0n) is 20.2. The van der Waals surface area contributed by atoms with Crippen LogP contribution in [-0.4, -0.2) is 0 Å². The van der Waals surface area contributed by atoms with Crippen LogP contribution in [0.25, 0.3) is 22.4 Å². The average Bonchev–Trinajstić information content (AvgIpc) is 2.97. The maximum absolute atomic E-state index is 8.60. The fraction of sp³-hybridized carbons (Fsp3) is 0.320. The van der Waals surface area contributed by atoms with E-state index in [-0.39, 0.29) is 5.56 Å². The highest BCUT2D eigenvalue weighted by atomic mass is 14.9. The van der Waals surface area contributed by atoms with Gasteiger partial charge in [-0.3, -0.25) is 0 Å². The van der Waals surface area contributed by atoms with Gasteiger partial charge in [-0.25, -0.2) is 4.57 Å². The maximum atomic E-state index is 8.60. The highest BCUT2D eigenvalue weighted by Crippen LogP contribution is 2.43. The summed E-state index contributed by atoms with van der Waals surface area (Å²) in [7, 11) is 1.90. The van der Waals surface area contributed by atoms with E-state index >= 15 is 0 Å². The van der Waals surface area contributed by atoms with Gasteiger partial charge < -0.3 is 0 Å². The SMILES string of the molecule is [2H]C([2H])([2H])c1c[n+](C)c(-c2c(C)ccc3c2Cc2cc(C)ccc2-3)cc1C([2H])(C)C. The number of aryl methyl sites for hydroxylation is 4. The highest BCUT2D eigenvalue weighted by Gasteiger charge is 2.27. The molecule has 0 aliphatic heterocycles. The molecule has 0 spiro atoms. The van der Waals surface area contributed by atoms with Crippen molar-refractivity contribution in [2.45, 2.75) is 46.9 Å². The predicted octanol–water partition coefficient (Wildman–Crippen LogP) is 5.80. The first-order valence-electron chi connectivity index (χ1n) is 11.2. The first-order valence-corrected chi connectivity index (χ1v) is 9.15. The number of benzene rings is 2. The number of fused-ring (bicyclic) bond motifs is 3. The van der Waals surface area contributed by atoms with Gasteiger partial charge in [0.2, 0.25) is 5.69 Å². The lowest BCUT2D eigenvalue weighted by Gasteiger charge is -2.14.